The van der Waals surface area contributed by atoms with E-state index in [9.17, 15) is 9.59 Å². The summed E-state index contributed by atoms with van der Waals surface area (Å²) in [7, 11) is 0. The van der Waals surface area contributed by atoms with Crippen molar-refractivity contribution in [3.63, 3.8) is 0 Å². The first-order chi connectivity index (χ1) is 10.2. The molecule has 1 N–H and O–H groups in total. The molecule has 1 aromatic carbocycles. The summed E-state index contributed by atoms with van der Waals surface area (Å²) in [5.41, 5.74) is 0.453. The lowest BCUT2D eigenvalue weighted by Crippen LogP contribution is -2.28. The number of carboxylic acid groups (broad SMARTS) is 1. The third kappa shape index (κ3) is 2.79. The molecule has 0 bridgehead atoms. The van der Waals surface area contributed by atoms with Crippen molar-refractivity contribution < 1.29 is 14.6 Å². The monoisotopic (exact) mass is 306 g/mol. The van der Waals surface area contributed by atoms with Gasteiger partial charge in [0.15, 0.2) is 5.16 Å². The van der Waals surface area contributed by atoms with E-state index in [0.717, 1.165) is 18.2 Å². The zero-order valence-corrected chi connectivity index (χ0v) is 12.0. The van der Waals surface area contributed by atoms with Crippen molar-refractivity contribution in [3.8, 4) is 0 Å². The van der Waals surface area contributed by atoms with Crippen LogP contribution in [0, 0.1) is 0 Å². The first kappa shape index (κ1) is 14.1. The molecule has 3 rings (SSSR count). The lowest BCUT2D eigenvalue weighted by molar-refractivity contribution is -0.133. The SMILES string of the molecule is O=C(O)CSc1nc2ccccc2c(=O)n1C1CCOC1. The molecule has 110 valence electrons. The maximum Gasteiger partial charge on any atom is 0.313 e. The first-order valence-corrected chi connectivity index (χ1v) is 7.59. The number of ether oxygens (including phenoxy) is 1. The van der Waals surface area contributed by atoms with Crippen molar-refractivity contribution >= 4 is 28.6 Å². The minimum atomic E-state index is -0.934. The van der Waals surface area contributed by atoms with Gasteiger partial charge < -0.3 is 9.84 Å². The van der Waals surface area contributed by atoms with Gasteiger partial charge in [-0.1, -0.05) is 23.9 Å². The van der Waals surface area contributed by atoms with Crippen LogP contribution >= 0.6 is 11.8 Å². The quantitative estimate of drug-likeness (QED) is 0.681. The molecule has 0 radical (unpaired) electrons. The largest absolute Gasteiger partial charge is 0.481 e. The molecule has 0 spiro atoms. The number of para-hydroxylation sites is 1. The van der Waals surface area contributed by atoms with Crippen LogP contribution in [0.1, 0.15) is 12.5 Å². The molecule has 6 nitrogen and oxygen atoms in total. The van der Waals surface area contributed by atoms with Crippen LogP contribution in [0.5, 0.6) is 0 Å². The fourth-order valence-corrected chi connectivity index (χ4v) is 3.19. The van der Waals surface area contributed by atoms with Gasteiger partial charge in [0.1, 0.15) is 0 Å². The Kier molecular flexibility index (Phi) is 3.94. The van der Waals surface area contributed by atoms with E-state index in [2.05, 4.69) is 4.98 Å². The summed E-state index contributed by atoms with van der Waals surface area (Å²) in [4.78, 5) is 27.9. The fraction of sp³-hybridized carbons (Fsp3) is 0.357. The van der Waals surface area contributed by atoms with Gasteiger partial charge in [-0.15, -0.1) is 0 Å². The van der Waals surface area contributed by atoms with E-state index in [1.54, 1.807) is 22.8 Å². The zero-order valence-electron chi connectivity index (χ0n) is 11.2. The van der Waals surface area contributed by atoms with Crippen LogP contribution < -0.4 is 5.56 Å². The Labute approximate surface area is 124 Å². The van der Waals surface area contributed by atoms with Crippen LogP contribution in [-0.4, -0.2) is 39.6 Å². The van der Waals surface area contributed by atoms with Crippen molar-refractivity contribution in [1.82, 2.24) is 9.55 Å². The Morgan fingerprint density at radius 3 is 3.00 bits per heavy atom. The summed E-state index contributed by atoms with van der Waals surface area (Å²) < 4.78 is 6.93. The topological polar surface area (TPSA) is 81.4 Å². The molecule has 1 aromatic heterocycles. The highest BCUT2D eigenvalue weighted by atomic mass is 32.2. The molecule has 1 unspecified atom stereocenters. The van der Waals surface area contributed by atoms with Gasteiger partial charge >= 0.3 is 5.97 Å². The molecule has 7 heteroatoms. The number of benzene rings is 1. The second-order valence-electron chi connectivity index (χ2n) is 4.79. The Morgan fingerprint density at radius 1 is 1.48 bits per heavy atom. The van der Waals surface area contributed by atoms with E-state index in [0.29, 0.717) is 29.3 Å². The van der Waals surface area contributed by atoms with Crippen molar-refractivity contribution in [1.29, 1.82) is 0 Å². The highest BCUT2D eigenvalue weighted by Gasteiger charge is 2.23. The standard InChI is InChI=1S/C14H14N2O4S/c17-12(18)8-21-14-15-11-4-2-1-3-10(11)13(19)16(14)9-5-6-20-7-9/h1-4,9H,5-8H2,(H,17,18). The minimum absolute atomic E-state index is 0.0779. The average molecular weight is 306 g/mol. The molecule has 1 aliphatic rings. The van der Waals surface area contributed by atoms with Gasteiger partial charge in [-0.25, -0.2) is 4.98 Å². The number of fused-ring (bicyclic) bond motifs is 1. The van der Waals surface area contributed by atoms with Crippen LogP contribution in [0.25, 0.3) is 10.9 Å². The van der Waals surface area contributed by atoms with E-state index >= 15 is 0 Å². The predicted octanol–water partition coefficient (Wildman–Crippen LogP) is 1.53. The molecule has 0 aliphatic carbocycles. The zero-order chi connectivity index (χ0) is 14.8. The second-order valence-corrected chi connectivity index (χ2v) is 5.73. The van der Waals surface area contributed by atoms with E-state index in [1.165, 1.54) is 0 Å². The normalized spacial score (nSPS) is 18.2. The summed E-state index contributed by atoms with van der Waals surface area (Å²) in [5, 5.41) is 9.84. The number of nitrogens with zero attached hydrogens (tertiary/aromatic N) is 2. The van der Waals surface area contributed by atoms with Crippen LogP contribution in [0.4, 0.5) is 0 Å². The summed E-state index contributed by atoms with van der Waals surface area (Å²) in [6, 6.07) is 7.03. The average Bonchev–Trinajstić information content (AvgIpc) is 2.99. The van der Waals surface area contributed by atoms with Crippen molar-refractivity contribution in [2.75, 3.05) is 19.0 Å². The van der Waals surface area contributed by atoms with Gasteiger partial charge in [0.2, 0.25) is 0 Å². The van der Waals surface area contributed by atoms with Gasteiger partial charge in [-0.3, -0.25) is 14.2 Å². The highest BCUT2D eigenvalue weighted by molar-refractivity contribution is 7.99. The number of hydrogen-bond acceptors (Lipinski definition) is 5. The van der Waals surface area contributed by atoms with E-state index in [4.69, 9.17) is 9.84 Å². The fourth-order valence-electron chi connectivity index (χ4n) is 2.40. The summed E-state index contributed by atoms with van der Waals surface area (Å²) in [6.45, 7) is 1.06. The predicted molar refractivity (Wildman–Crippen MR) is 78.8 cm³/mol. The number of carbonyl (C=O) groups is 1. The Hall–Kier alpha value is -1.86. The van der Waals surface area contributed by atoms with E-state index in [1.807, 2.05) is 6.07 Å². The maximum absolute atomic E-state index is 12.7. The molecular formula is C14H14N2O4S. The number of carboxylic acids is 1. The minimum Gasteiger partial charge on any atom is -0.481 e. The number of thioether (sulfide) groups is 1. The third-order valence-corrected chi connectivity index (χ3v) is 4.31. The van der Waals surface area contributed by atoms with Gasteiger partial charge in [0.05, 0.1) is 29.3 Å². The lowest BCUT2D eigenvalue weighted by atomic mass is 10.2. The van der Waals surface area contributed by atoms with Crippen molar-refractivity contribution in [2.45, 2.75) is 17.6 Å². The summed E-state index contributed by atoms with van der Waals surface area (Å²) in [6.07, 6.45) is 0.737. The van der Waals surface area contributed by atoms with Gasteiger partial charge in [0, 0.05) is 6.61 Å². The molecule has 1 fully saturated rings. The summed E-state index contributed by atoms with van der Waals surface area (Å²) in [5.74, 6) is -1.06. The smallest absolute Gasteiger partial charge is 0.313 e. The molecule has 0 saturated carbocycles. The number of aromatic nitrogens is 2. The van der Waals surface area contributed by atoms with Crippen LogP contribution in [0.15, 0.2) is 34.2 Å². The molecule has 1 saturated heterocycles. The van der Waals surface area contributed by atoms with Crippen LogP contribution in [-0.2, 0) is 9.53 Å². The number of rotatable bonds is 4. The molecular weight excluding hydrogens is 292 g/mol. The first-order valence-electron chi connectivity index (χ1n) is 6.60. The van der Waals surface area contributed by atoms with Crippen molar-refractivity contribution in [3.05, 3.63) is 34.6 Å². The molecule has 0 amide bonds. The third-order valence-electron chi connectivity index (χ3n) is 3.37. The molecule has 1 atom stereocenters. The number of hydrogen-bond donors (Lipinski definition) is 1. The van der Waals surface area contributed by atoms with Crippen LogP contribution in [0.3, 0.4) is 0 Å². The number of aliphatic carboxylic acids is 1. The maximum atomic E-state index is 12.7. The molecule has 2 heterocycles. The van der Waals surface area contributed by atoms with Crippen LogP contribution in [0.2, 0.25) is 0 Å². The van der Waals surface area contributed by atoms with Gasteiger partial charge in [-0.2, -0.15) is 0 Å². The Morgan fingerprint density at radius 2 is 2.29 bits per heavy atom. The highest BCUT2D eigenvalue weighted by Crippen LogP contribution is 2.25. The van der Waals surface area contributed by atoms with E-state index < -0.39 is 5.97 Å². The van der Waals surface area contributed by atoms with Gasteiger partial charge in [-0.05, 0) is 18.6 Å². The Balaban J connectivity index is 2.14. The van der Waals surface area contributed by atoms with Crippen molar-refractivity contribution in [2.24, 2.45) is 0 Å². The second kappa shape index (κ2) is 5.87. The lowest BCUT2D eigenvalue weighted by Gasteiger charge is -2.17. The van der Waals surface area contributed by atoms with Gasteiger partial charge in [0.25, 0.3) is 5.56 Å². The molecule has 21 heavy (non-hydrogen) atoms. The van der Waals surface area contributed by atoms with E-state index in [-0.39, 0.29) is 17.4 Å². The molecule has 1 aliphatic heterocycles. The Bertz CT molecular complexity index is 737. The summed E-state index contributed by atoms with van der Waals surface area (Å²) >= 11 is 1.07. The molecule has 2 aromatic rings.